The number of aromatic amines is 1. The van der Waals surface area contributed by atoms with E-state index in [4.69, 9.17) is 0 Å². The molecule has 7 heteroatoms. The van der Waals surface area contributed by atoms with Crippen molar-refractivity contribution in [3.63, 3.8) is 0 Å². The highest BCUT2D eigenvalue weighted by Gasteiger charge is 2.41. The molecule has 0 saturated carbocycles. The average Bonchev–Trinajstić information content (AvgIpc) is 3.04. The highest BCUT2D eigenvalue weighted by molar-refractivity contribution is 5.83. The summed E-state index contributed by atoms with van der Waals surface area (Å²) in [7, 11) is 0. The van der Waals surface area contributed by atoms with Gasteiger partial charge in [0, 0.05) is 17.6 Å². The second-order valence-corrected chi connectivity index (χ2v) is 6.46. The number of hydrogen-bond donors (Lipinski definition) is 1. The molecule has 1 N–H and O–H groups in total. The van der Waals surface area contributed by atoms with Gasteiger partial charge in [-0.3, -0.25) is 15.0 Å². The number of aromatic nitrogens is 3. The Morgan fingerprint density at radius 2 is 2.08 bits per heavy atom. The Kier molecular flexibility index (Phi) is 3.76. The van der Waals surface area contributed by atoms with Crippen LogP contribution in [-0.4, -0.2) is 38.8 Å². The van der Waals surface area contributed by atoms with Gasteiger partial charge in [-0.15, -0.1) is 0 Å². The fourth-order valence-corrected chi connectivity index (χ4v) is 3.74. The second-order valence-electron chi connectivity index (χ2n) is 6.46. The summed E-state index contributed by atoms with van der Waals surface area (Å²) in [5, 5.41) is 7.98. The van der Waals surface area contributed by atoms with Gasteiger partial charge in [-0.25, -0.2) is 0 Å². The molecule has 4 rings (SSSR count). The minimum atomic E-state index is -4.27. The molecular formula is C18H17F3N4. The zero-order chi connectivity index (χ0) is 17.6. The van der Waals surface area contributed by atoms with Crippen LogP contribution >= 0.6 is 0 Å². The molecule has 0 fully saturated rings. The van der Waals surface area contributed by atoms with Crippen LogP contribution in [0.15, 0.2) is 42.7 Å². The lowest BCUT2D eigenvalue weighted by Crippen LogP contribution is -2.47. The van der Waals surface area contributed by atoms with Gasteiger partial charge >= 0.3 is 6.18 Å². The fourth-order valence-electron chi connectivity index (χ4n) is 3.74. The van der Waals surface area contributed by atoms with Crippen molar-refractivity contribution in [1.29, 1.82) is 0 Å². The molecule has 1 aliphatic rings. The van der Waals surface area contributed by atoms with Gasteiger partial charge in [0.05, 0.1) is 30.0 Å². The number of H-pyrrole nitrogens is 1. The molecule has 0 saturated heterocycles. The van der Waals surface area contributed by atoms with Gasteiger partial charge in [-0.2, -0.15) is 18.3 Å². The number of pyridine rings is 1. The molecule has 3 heterocycles. The lowest BCUT2D eigenvalue weighted by atomic mass is 9.85. The number of fused-ring (bicyclic) bond motifs is 3. The Balaban J connectivity index is 1.90. The third-order valence-electron chi connectivity index (χ3n) is 4.79. The van der Waals surface area contributed by atoms with Crippen LogP contribution in [0.25, 0.3) is 10.9 Å². The van der Waals surface area contributed by atoms with Crippen molar-refractivity contribution in [2.75, 3.05) is 6.54 Å². The van der Waals surface area contributed by atoms with E-state index in [0.717, 1.165) is 22.0 Å². The number of alkyl halides is 3. The molecule has 0 amide bonds. The minimum absolute atomic E-state index is 0.262. The average molecular weight is 346 g/mol. The maximum atomic E-state index is 13.2. The quantitative estimate of drug-likeness (QED) is 0.766. The van der Waals surface area contributed by atoms with E-state index in [-0.39, 0.29) is 6.04 Å². The van der Waals surface area contributed by atoms with Gasteiger partial charge in [0.1, 0.15) is 0 Å². The van der Waals surface area contributed by atoms with E-state index >= 15 is 0 Å². The summed E-state index contributed by atoms with van der Waals surface area (Å²) in [6.07, 6.45) is -0.351. The third kappa shape index (κ3) is 2.89. The normalized spacial score (nSPS) is 21.4. The van der Waals surface area contributed by atoms with Crippen molar-refractivity contribution in [1.82, 2.24) is 20.1 Å². The van der Waals surface area contributed by atoms with Crippen molar-refractivity contribution in [2.45, 2.75) is 31.6 Å². The molecule has 0 bridgehead atoms. The standard InChI is InChI=1S/C18H17F3N4/c1-11-8-13-12(5-6-15-14(13)9-23-24-15)17(16-4-2-3-7-22-16)25(11)10-18(19,20)21/h2-7,9,11,17H,8,10H2,1H3,(H,23,24)/t11-,17?/m1/s1. The van der Waals surface area contributed by atoms with Gasteiger partial charge in [0.25, 0.3) is 0 Å². The molecule has 3 aromatic rings. The minimum Gasteiger partial charge on any atom is -0.279 e. The maximum absolute atomic E-state index is 13.2. The SMILES string of the molecule is C[C@@H]1Cc2c(ccc3[nH]ncc23)C(c2ccccn2)N1CC(F)(F)F. The van der Waals surface area contributed by atoms with E-state index in [2.05, 4.69) is 15.2 Å². The predicted molar refractivity (Wildman–Crippen MR) is 88.1 cm³/mol. The number of nitrogens with one attached hydrogen (secondary N) is 1. The van der Waals surface area contributed by atoms with Gasteiger partial charge in [-0.05, 0) is 42.7 Å². The van der Waals surface area contributed by atoms with E-state index in [1.807, 2.05) is 25.1 Å². The highest BCUT2D eigenvalue weighted by atomic mass is 19.4. The smallest absolute Gasteiger partial charge is 0.279 e. The number of nitrogens with zero attached hydrogens (tertiary/aromatic N) is 3. The molecule has 2 atom stereocenters. The summed E-state index contributed by atoms with van der Waals surface area (Å²) in [5.74, 6) is 0. The maximum Gasteiger partial charge on any atom is 0.401 e. The summed E-state index contributed by atoms with van der Waals surface area (Å²) in [4.78, 5) is 5.85. The predicted octanol–water partition coefficient (Wildman–Crippen LogP) is 3.86. The van der Waals surface area contributed by atoms with Crippen LogP contribution in [0.2, 0.25) is 0 Å². The Morgan fingerprint density at radius 1 is 1.24 bits per heavy atom. The Hall–Kier alpha value is -2.41. The number of halogens is 3. The van der Waals surface area contributed by atoms with Crippen LogP contribution in [0.1, 0.15) is 29.8 Å². The molecule has 1 unspecified atom stereocenters. The first-order chi connectivity index (χ1) is 11.9. The summed E-state index contributed by atoms with van der Waals surface area (Å²) < 4.78 is 39.6. The Labute approximate surface area is 142 Å². The van der Waals surface area contributed by atoms with E-state index < -0.39 is 18.8 Å². The van der Waals surface area contributed by atoms with Crippen molar-refractivity contribution in [2.24, 2.45) is 0 Å². The summed E-state index contributed by atoms with van der Waals surface area (Å²) in [5.41, 5.74) is 3.44. The lowest BCUT2D eigenvalue weighted by Gasteiger charge is -2.42. The van der Waals surface area contributed by atoms with Gasteiger partial charge in [0.15, 0.2) is 0 Å². The first-order valence-electron chi connectivity index (χ1n) is 8.12. The topological polar surface area (TPSA) is 44.8 Å². The van der Waals surface area contributed by atoms with E-state index in [1.165, 1.54) is 4.90 Å². The lowest BCUT2D eigenvalue weighted by molar-refractivity contribution is -0.155. The van der Waals surface area contributed by atoms with Crippen LogP contribution in [0.5, 0.6) is 0 Å². The number of hydrogen-bond acceptors (Lipinski definition) is 3. The molecule has 130 valence electrons. The van der Waals surface area contributed by atoms with Crippen LogP contribution in [0.4, 0.5) is 13.2 Å². The number of rotatable bonds is 2. The molecule has 1 aliphatic heterocycles. The fraction of sp³-hybridized carbons (Fsp3) is 0.333. The van der Waals surface area contributed by atoms with Crippen molar-refractivity contribution in [3.05, 3.63) is 59.5 Å². The Morgan fingerprint density at radius 3 is 2.80 bits per heavy atom. The molecular weight excluding hydrogens is 329 g/mol. The molecule has 25 heavy (non-hydrogen) atoms. The van der Waals surface area contributed by atoms with E-state index in [1.54, 1.807) is 24.5 Å². The molecule has 1 aromatic carbocycles. The van der Waals surface area contributed by atoms with Crippen LogP contribution in [0, 0.1) is 0 Å². The first-order valence-corrected chi connectivity index (χ1v) is 8.12. The zero-order valence-electron chi connectivity index (χ0n) is 13.6. The monoisotopic (exact) mass is 346 g/mol. The molecule has 0 aliphatic carbocycles. The Bertz CT molecular complexity index is 888. The van der Waals surface area contributed by atoms with Crippen molar-refractivity contribution >= 4 is 10.9 Å². The second kappa shape index (κ2) is 5.84. The van der Waals surface area contributed by atoms with Crippen LogP contribution in [-0.2, 0) is 6.42 Å². The first kappa shape index (κ1) is 16.1. The van der Waals surface area contributed by atoms with Gasteiger partial charge in [-0.1, -0.05) is 12.1 Å². The van der Waals surface area contributed by atoms with Crippen LogP contribution in [0.3, 0.4) is 0 Å². The van der Waals surface area contributed by atoms with Crippen LogP contribution < -0.4 is 0 Å². The molecule has 4 nitrogen and oxygen atoms in total. The van der Waals surface area contributed by atoms with E-state index in [0.29, 0.717) is 12.1 Å². The summed E-state index contributed by atoms with van der Waals surface area (Å²) in [6.45, 7) is 0.877. The summed E-state index contributed by atoms with van der Waals surface area (Å²) >= 11 is 0. The van der Waals surface area contributed by atoms with Crippen molar-refractivity contribution < 1.29 is 13.2 Å². The number of benzene rings is 1. The van der Waals surface area contributed by atoms with Gasteiger partial charge in [0.2, 0.25) is 0 Å². The summed E-state index contributed by atoms with van der Waals surface area (Å²) in [6, 6.07) is 8.34. The third-order valence-corrected chi connectivity index (χ3v) is 4.79. The largest absolute Gasteiger partial charge is 0.401 e. The van der Waals surface area contributed by atoms with Crippen molar-refractivity contribution in [3.8, 4) is 0 Å². The highest BCUT2D eigenvalue weighted by Crippen LogP contribution is 2.41. The molecule has 0 radical (unpaired) electrons. The molecule has 0 spiro atoms. The van der Waals surface area contributed by atoms with Gasteiger partial charge < -0.3 is 0 Å². The zero-order valence-corrected chi connectivity index (χ0v) is 13.6. The van der Waals surface area contributed by atoms with E-state index in [9.17, 15) is 13.2 Å². The molecule has 2 aromatic heterocycles.